The third-order valence-electron chi connectivity index (χ3n) is 3.25. The minimum atomic E-state index is 0.744. The Hall–Kier alpha value is -0.720. The SMILES string of the molecule is C=C1C=CN(C)C2CCCCC12. The molecule has 1 nitrogen and oxygen atoms in total. The standard InChI is InChI=1S/C11H17N/c1-9-7-8-12(2)11-6-4-3-5-10(9)11/h7-8,10-11H,1,3-6H2,2H3. The highest BCUT2D eigenvalue weighted by Crippen LogP contribution is 2.35. The Morgan fingerprint density at radius 3 is 2.92 bits per heavy atom. The molecule has 2 rings (SSSR count). The smallest absolute Gasteiger partial charge is 0.0349 e. The average molecular weight is 163 g/mol. The van der Waals surface area contributed by atoms with Crippen molar-refractivity contribution >= 4 is 0 Å². The Morgan fingerprint density at radius 2 is 2.17 bits per heavy atom. The Morgan fingerprint density at radius 1 is 1.42 bits per heavy atom. The van der Waals surface area contributed by atoms with Gasteiger partial charge in [0.1, 0.15) is 0 Å². The lowest BCUT2D eigenvalue weighted by atomic mass is 9.78. The third kappa shape index (κ3) is 1.17. The molecular formula is C11H17N. The van der Waals surface area contributed by atoms with Crippen LogP contribution in [0.5, 0.6) is 0 Å². The zero-order valence-corrected chi connectivity index (χ0v) is 7.79. The lowest BCUT2D eigenvalue weighted by molar-refractivity contribution is 0.190. The Bertz CT molecular complexity index is 217. The van der Waals surface area contributed by atoms with Gasteiger partial charge in [-0.1, -0.05) is 19.4 Å². The van der Waals surface area contributed by atoms with Gasteiger partial charge in [-0.2, -0.15) is 0 Å². The summed E-state index contributed by atoms with van der Waals surface area (Å²) in [7, 11) is 2.19. The van der Waals surface area contributed by atoms with Gasteiger partial charge in [-0.25, -0.2) is 0 Å². The van der Waals surface area contributed by atoms with Gasteiger partial charge in [-0.05, 0) is 30.7 Å². The lowest BCUT2D eigenvalue weighted by Crippen LogP contribution is -2.39. The maximum atomic E-state index is 4.12. The van der Waals surface area contributed by atoms with Gasteiger partial charge in [-0.15, -0.1) is 0 Å². The molecule has 0 aromatic heterocycles. The zero-order valence-electron chi connectivity index (χ0n) is 7.79. The number of allylic oxidation sites excluding steroid dienone is 1. The summed E-state index contributed by atoms with van der Waals surface area (Å²) in [5.74, 6) is 0.744. The number of nitrogens with zero attached hydrogens (tertiary/aromatic N) is 1. The summed E-state index contributed by atoms with van der Waals surface area (Å²) in [5.41, 5.74) is 1.35. The summed E-state index contributed by atoms with van der Waals surface area (Å²) in [5, 5.41) is 0. The van der Waals surface area contributed by atoms with Crippen LogP contribution in [-0.2, 0) is 0 Å². The van der Waals surface area contributed by atoms with E-state index in [0.29, 0.717) is 0 Å². The second-order valence-electron chi connectivity index (χ2n) is 4.01. The van der Waals surface area contributed by atoms with Crippen molar-refractivity contribution in [3.63, 3.8) is 0 Å². The number of fused-ring (bicyclic) bond motifs is 1. The second kappa shape index (κ2) is 2.96. The van der Waals surface area contributed by atoms with Crippen molar-refractivity contribution < 1.29 is 0 Å². The molecule has 1 aliphatic heterocycles. The number of hydrogen-bond donors (Lipinski definition) is 0. The third-order valence-corrected chi connectivity index (χ3v) is 3.25. The highest BCUT2D eigenvalue weighted by molar-refractivity contribution is 5.24. The zero-order chi connectivity index (χ0) is 8.55. The van der Waals surface area contributed by atoms with Crippen LogP contribution in [0.3, 0.4) is 0 Å². The summed E-state index contributed by atoms with van der Waals surface area (Å²) in [4.78, 5) is 2.36. The molecule has 0 aromatic carbocycles. The Labute approximate surface area is 74.8 Å². The van der Waals surface area contributed by atoms with Crippen LogP contribution in [0.1, 0.15) is 25.7 Å². The van der Waals surface area contributed by atoms with Gasteiger partial charge in [0.2, 0.25) is 0 Å². The van der Waals surface area contributed by atoms with Gasteiger partial charge in [-0.3, -0.25) is 0 Å². The molecular weight excluding hydrogens is 146 g/mol. The maximum absolute atomic E-state index is 4.12. The molecule has 2 aliphatic rings. The molecule has 0 bridgehead atoms. The molecule has 1 saturated carbocycles. The molecule has 1 heterocycles. The van der Waals surface area contributed by atoms with Crippen molar-refractivity contribution in [1.29, 1.82) is 0 Å². The minimum absolute atomic E-state index is 0.744. The Kier molecular flexibility index (Phi) is 1.95. The normalized spacial score (nSPS) is 35.1. The van der Waals surface area contributed by atoms with E-state index < -0.39 is 0 Å². The van der Waals surface area contributed by atoms with Crippen LogP contribution in [-0.4, -0.2) is 18.0 Å². The molecule has 0 aromatic rings. The second-order valence-corrected chi connectivity index (χ2v) is 4.01. The molecule has 2 unspecified atom stereocenters. The van der Waals surface area contributed by atoms with Crippen LogP contribution >= 0.6 is 0 Å². The molecule has 2 atom stereocenters. The number of hydrogen-bond acceptors (Lipinski definition) is 1. The monoisotopic (exact) mass is 163 g/mol. The Balaban J connectivity index is 2.20. The van der Waals surface area contributed by atoms with Crippen molar-refractivity contribution in [3.05, 3.63) is 24.4 Å². The fourth-order valence-corrected chi connectivity index (χ4v) is 2.48. The van der Waals surface area contributed by atoms with Gasteiger partial charge in [0, 0.05) is 19.0 Å². The first-order chi connectivity index (χ1) is 5.79. The van der Waals surface area contributed by atoms with Gasteiger partial charge >= 0.3 is 0 Å². The fraction of sp³-hybridized carbons (Fsp3) is 0.636. The van der Waals surface area contributed by atoms with Crippen LogP contribution in [0.4, 0.5) is 0 Å². The van der Waals surface area contributed by atoms with E-state index in [1.807, 2.05) is 0 Å². The van der Waals surface area contributed by atoms with E-state index in [0.717, 1.165) is 12.0 Å². The van der Waals surface area contributed by atoms with Crippen molar-refractivity contribution in [2.75, 3.05) is 7.05 Å². The average Bonchev–Trinajstić information content (AvgIpc) is 2.12. The fourth-order valence-electron chi connectivity index (χ4n) is 2.48. The maximum Gasteiger partial charge on any atom is 0.0349 e. The molecule has 12 heavy (non-hydrogen) atoms. The van der Waals surface area contributed by atoms with Gasteiger partial charge in [0.15, 0.2) is 0 Å². The van der Waals surface area contributed by atoms with E-state index in [9.17, 15) is 0 Å². The van der Waals surface area contributed by atoms with Crippen LogP contribution in [0.2, 0.25) is 0 Å². The molecule has 0 N–H and O–H groups in total. The van der Waals surface area contributed by atoms with E-state index in [-0.39, 0.29) is 0 Å². The molecule has 0 radical (unpaired) electrons. The van der Waals surface area contributed by atoms with Crippen LogP contribution in [0.25, 0.3) is 0 Å². The highest BCUT2D eigenvalue weighted by Gasteiger charge is 2.30. The summed E-state index contributed by atoms with van der Waals surface area (Å²) in [6.45, 7) is 4.12. The largest absolute Gasteiger partial charge is 0.377 e. The summed E-state index contributed by atoms with van der Waals surface area (Å²) < 4.78 is 0. The molecule has 1 heteroatoms. The van der Waals surface area contributed by atoms with Crippen LogP contribution in [0.15, 0.2) is 24.4 Å². The molecule has 0 saturated heterocycles. The molecule has 0 amide bonds. The first-order valence-electron chi connectivity index (χ1n) is 4.88. The number of rotatable bonds is 0. The minimum Gasteiger partial charge on any atom is -0.377 e. The van der Waals surface area contributed by atoms with Crippen LogP contribution < -0.4 is 0 Å². The first kappa shape index (κ1) is 7.90. The van der Waals surface area contributed by atoms with E-state index in [2.05, 4.69) is 30.8 Å². The van der Waals surface area contributed by atoms with E-state index >= 15 is 0 Å². The van der Waals surface area contributed by atoms with Gasteiger partial charge in [0.05, 0.1) is 0 Å². The van der Waals surface area contributed by atoms with E-state index in [1.165, 1.54) is 31.3 Å². The van der Waals surface area contributed by atoms with Crippen molar-refractivity contribution in [1.82, 2.24) is 4.90 Å². The predicted molar refractivity (Wildman–Crippen MR) is 51.8 cm³/mol. The quantitative estimate of drug-likeness (QED) is 0.530. The molecule has 1 aliphatic carbocycles. The summed E-state index contributed by atoms with van der Waals surface area (Å²) in [6, 6.07) is 0.747. The van der Waals surface area contributed by atoms with Crippen LogP contribution in [0, 0.1) is 5.92 Å². The van der Waals surface area contributed by atoms with E-state index in [4.69, 9.17) is 0 Å². The first-order valence-corrected chi connectivity index (χ1v) is 4.88. The van der Waals surface area contributed by atoms with Gasteiger partial charge < -0.3 is 4.90 Å². The molecule has 1 fully saturated rings. The van der Waals surface area contributed by atoms with Crippen molar-refractivity contribution in [3.8, 4) is 0 Å². The van der Waals surface area contributed by atoms with Crippen molar-refractivity contribution in [2.45, 2.75) is 31.7 Å². The lowest BCUT2D eigenvalue weighted by Gasteiger charge is -2.41. The molecule has 66 valence electrons. The van der Waals surface area contributed by atoms with Crippen molar-refractivity contribution in [2.24, 2.45) is 5.92 Å². The topological polar surface area (TPSA) is 3.24 Å². The predicted octanol–water partition coefficient (Wildman–Crippen LogP) is 2.56. The summed E-state index contributed by atoms with van der Waals surface area (Å²) in [6.07, 6.45) is 9.83. The van der Waals surface area contributed by atoms with Gasteiger partial charge in [0.25, 0.3) is 0 Å². The molecule has 0 spiro atoms. The summed E-state index contributed by atoms with van der Waals surface area (Å²) >= 11 is 0. The van der Waals surface area contributed by atoms with E-state index in [1.54, 1.807) is 0 Å². The highest BCUT2D eigenvalue weighted by atomic mass is 15.1.